The molecule has 0 saturated carbocycles. The van der Waals surface area contributed by atoms with Crippen molar-refractivity contribution < 1.29 is 9.53 Å². The summed E-state index contributed by atoms with van der Waals surface area (Å²) in [6.45, 7) is 4.04. The molecule has 0 spiro atoms. The van der Waals surface area contributed by atoms with Crippen LogP contribution >= 0.6 is 0 Å². The van der Waals surface area contributed by atoms with Gasteiger partial charge in [-0.1, -0.05) is 30.7 Å². The lowest BCUT2D eigenvalue weighted by atomic mass is 9.70. The van der Waals surface area contributed by atoms with E-state index in [1.165, 1.54) is 29.5 Å². The van der Waals surface area contributed by atoms with Crippen LogP contribution in [0.1, 0.15) is 55.3 Å². The summed E-state index contributed by atoms with van der Waals surface area (Å²) in [4.78, 5) is 16.7. The summed E-state index contributed by atoms with van der Waals surface area (Å²) in [6.07, 6.45) is 7.39. The highest BCUT2D eigenvalue weighted by molar-refractivity contribution is 5.93. The summed E-state index contributed by atoms with van der Waals surface area (Å²) < 4.78 is 4.85. The molecule has 0 amide bonds. The third kappa shape index (κ3) is 3.33. The van der Waals surface area contributed by atoms with Gasteiger partial charge < -0.3 is 10.5 Å². The molecule has 2 bridgehead atoms. The smallest absolute Gasteiger partial charge is 0.308 e. The summed E-state index contributed by atoms with van der Waals surface area (Å²) in [6, 6.07) is 6.35. The molecule has 4 nitrogen and oxygen atoms in total. The van der Waals surface area contributed by atoms with E-state index in [-0.39, 0.29) is 11.9 Å². The number of ether oxygens (including phenoxy) is 1. The number of esters is 1. The molecule has 0 radical (unpaired) electrons. The molecule has 3 atom stereocenters. The standard InChI is InChI=1S/C23H28N2O2/c1-13-4-7-18-19(8-13)25-20-12-16-9-15(6-5-14(2)23(26)27-3)10-17(11-16)21(20)22(18)24/h4,7-9,14,16-17H,5-6,10-12H2,1-3H3,(H2,24,25). The second kappa shape index (κ2) is 6.99. The van der Waals surface area contributed by atoms with Gasteiger partial charge in [0.2, 0.25) is 0 Å². The van der Waals surface area contributed by atoms with Gasteiger partial charge >= 0.3 is 5.97 Å². The van der Waals surface area contributed by atoms with Crippen LogP contribution in [0.3, 0.4) is 0 Å². The van der Waals surface area contributed by atoms with Gasteiger partial charge in [-0.15, -0.1) is 0 Å². The maximum atomic E-state index is 11.7. The number of carbonyl (C=O) groups is 1. The number of anilines is 1. The van der Waals surface area contributed by atoms with Crippen LogP contribution in [0.2, 0.25) is 0 Å². The molecular weight excluding hydrogens is 336 g/mol. The van der Waals surface area contributed by atoms with Gasteiger partial charge in [-0.25, -0.2) is 0 Å². The van der Waals surface area contributed by atoms with Crippen LogP contribution in [-0.2, 0) is 16.0 Å². The van der Waals surface area contributed by atoms with Gasteiger partial charge in [-0.2, -0.15) is 0 Å². The normalized spacial score (nSPS) is 22.1. The lowest BCUT2D eigenvalue weighted by molar-refractivity contribution is -0.145. The molecular formula is C23H28N2O2. The Hall–Kier alpha value is -2.36. The molecule has 2 N–H and O–H groups in total. The van der Waals surface area contributed by atoms with Crippen LogP contribution in [0, 0.1) is 18.8 Å². The zero-order valence-electron chi connectivity index (χ0n) is 16.4. The number of pyridine rings is 1. The van der Waals surface area contributed by atoms with E-state index in [4.69, 9.17) is 15.5 Å². The van der Waals surface area contributed by atoms with Crippen molar-refractivity contribution in [3.63, 3.8) is 0 Å². The molecule has 2 aliphatic rings. The zero-order valence-corrected chi connectivity index (χ0v) is 16.4. The molecule has 3 unspecified atom stereocenters. The Morgan fingerprint density at radius 2 is 2.19 bits per heavy atom. The number of nitrogen functional groups attached to an aromatic ring is 1. The Labute approximate surface area is 160 Å². The van der Waals surface area contributed by atoms with Crippen molar-refractivity contribution in [1.29, 1.82) is 0 Å². The molecule has 4 heteroatoms. The van der Waals surface area contributed by atoms with Gasteiger partial charge in [-0.05, 0) is 62.5 Å². The number of benzene rings is 1. The van der Waals surface area contributed by atoms with Crippen LogP contribution in [0.4, 0.5) is 5.69 Å². The molecule has 4 rings (SSSR count). The molecule has 0 aliphatic heterocycles. The largest absolute Gasteiger partial charge is 0.469 e. The first-order valence-electron chi connectivity index (χ1n) is 9.92. The van der Waals surface area contributed by atoms with E-state index in [0.717, 1.165) is 48.7 Å². The summed E-state index contributed by atoms with van der Waals surface area (Å²) in [5, 5.41) is 1.08. The van der Waals surface area contributed by atoms with Crippen LogP contribution in [-0.4, -0.2) is 18.1 Å². The minimum atomic E-state index is -0.118. The summed E-state index contributed by atoms with van der Waals surface area (Å²) in [5.41, 5.74) is 13.7. The summed E-state index contributed by atoms with van der Waals surface area (Å²) in [5.74, 6) is 0.815. The fraction of sp³-hybridized carbons (Fsp3) is 0.478. The van der Waals surface area contributed by atoms with Crippen molar-refractivity contribution in [2.45, 2.75) is 51.9 Å². The number of aromatic nitrogens is 1. The third-order valence-electron chi connectivity index (χ3n) is 6.23. The Balaban J connectivity index is 1.60. The first-order chi connectivity index (χ1) is 13.0. The molecule has 1 aromatic carbocycles. The van der Waals surface area contributed by atoms with Crippen molar-refractivity contribution in [1.82, 2.24) is 4.98 Å². The van der Waals surface area contributed by atoms with Gasteiger partial charge in [-0.3, -0.25) is 9.78 Å². The van der Waals surface area contributed by atoms with Crippen molar-refractivity contribution >= 4 is 22.6 Å². The summed E-state index contributed by atoms with van der Waals surface area (Å²) in [7, 11) is 1.46. The maximum absolute atomic E-state index is 11.7. The van der Waals surface area contributed by atoms with Crippen molar-refractivity contribution in [2.24, 2.45) is 11.8 Å². The van der Waals surface area contributed by atoms with E-state index in [1.807, 2.05) is 6.92 Å². The minimum Gasteiger partial charge on any atom is -0.469 e. The lowest BCUT2D eigenvalue weighted by Gasteiger charge is -2.36. The highest BCUT2D eigenvalue weighted by atomic mass is 16.5. The molecule has 0 fully saturated rings. The van der Waals surface area contributed by atoms with Crippen molar-refractivity contribution in [2.75, 3.05) is 12.8 Å². The number of aryl methyl sites for hydroxylation is 1. The molecule has 0 saturated heterocycles. The molecule has 2 aromatic rings. The number of hydrogen-bond acceptors (Lipinski definition) is 4. The van der Waals surface area contributed by atoms with Gasteiger partial charge in [0.05, 0.1) is 18.5 Å². The van der Waals surface area contributed by atoms with E-state index in [9.17, 15) is 4.79 Å². The van der Waals surface area contributed by atoms with Crippen molar-refractivity contribution in [3.05, 3.63) is 46.7 Å². The van der Waals surface area contributed by atoms with Gasteiger partial charge in [0, 0.05) is 22.3 Å². The Kier molecular flexibility index (Phi) is 4.67. The number of carbonyl (C=O) groups excluding carboxylic acids is 1. The quantitative estimate of drug-likeness (QED) is 0.631. The van der Waals surface area contributed by atoms with Gasteiger partial charge in [0.15, 0.2) is 0 Å². The van der Waals surface area contributed by atoms with E-state index >= 15 is 0 Å². The fourth-order valence-corrected chi connectivity index (χ4v) is 4.83. The predicted molar refractivity (Wildman–Crippen MR) is 109 cm³/mol. The Bertz CT molecular complexity index is 932. The molecule has 1 aromatic heterocycles. The lowest BCUT2D eigenvalue weighted by Crippen LogP contribution is -2.25. The number of allylic oxidation sites excluding steroid dienone is 2. The number of hydrogen-bond donors (Lipinski definition) is 1. The number of rotatable bonds is 4. The van der Waals surface area contributed by atoms with Gasteiger partial charge in [0.25, 0.3) is 0 Å². The highest BCUT2D eigenvalue weighted by Crippen LogP contribution is 2.47. The van der Waals surface area contributed by atoms with Crippen LogP contribution in [0.5, 0.6) is 0 Å². The first-order valence-corrected chi connectivity index (χ1v) is 9.92. The number of nitrogens with two attached hydrogens (primary N) is 1. The first kappa shape index (κ1) is 18.0. The summed E-state index contributed by atoms with van der Waals surface area (Å²) >= 11 is 0. The van der Waals surface area contributed by atoms with Crippen LogP contribution in [0.15, 0.2) is 29.8 Å². The Morgan fingerprint density at radius 1 is 1.37 bits per heavy atom. The second-order valence-electron chi connectivity index (χ2n) is 8.30. The predicted octanol–water partition coefficient (Wildman–Crippen LogP) is 4.69. The monoisotopic (exact) mass is 364 g/mol. The highest BCUT2D eigenvalue weighted by Gasteiger charge is 2.33. The molecule has 27 heavy (non-hydrogen) atoms. The Morgan fingerprint density at radius 3 is 2.96 bits per heavy atom. The number of methoxy groups -OCH3 is 1. The van der Waals surface area contributed by atoms with Crippen LogP contribution in [0.25, 0.3) is 10.9 Å². The second-order valence-corrected chi connectivity index (χ2v) is 8.30. The number of fused-ring (bicyclic) bond motifs is 5. The maximum Gasteiger partial charge on any atom is 0.308 e. The average molecular weight is 364 g/mol. The third-order valence-corrected chi connectivity index (χ3v) is 6.23. The molecule has 2 aliphatic carbocycles. The van der Waals surface area contributed by atoms with E-state index in [2.05, 4.69) is 31.2 Å². The fourth-order valence-electron chi connectivity index (χ4n) is 4.83. The molecule has 1 heterocycles. The topological polar surface area (TPSA) is 65.2 Å². The minimum absolute atomic E-state index is 0.0520. The van der Waals surface area contributed by atoms with Crippen molar-refractivity contribution in [3.8, 4) is 0 Å². The zero-order chi connectivity index (χ0) is 19.1. The van der Waals surface area contributed by atoms with Crippen LogP contribution < -0.4 is 5.73 Å². The average Bonchev–Trinajstić information content (AvgIpc) is 2.64. The number of nitrogens with zero attached hydrogens (tertiary/aromatic N) is 1. The SMILES string of the molecule is COC(=O)C(C)CCC1=CC2Cc3nc4cc(C)ccc4c(N)c3C(C1)C2. The van der Waals surface area contributed by atoms with E-state index < -0.39 is 0 Å². The van der Waals surface area contributed by atoms with Gasteiger partial charge in [0.1, 0.15) is 0 Å². The van der Waals surface area contributed by atoms with E-state index in [1.54, 1.807) is 0 Å². The van der Waals surface area contributed by atoms with E-state index in [0.29, 0.717) is 11.8 Å². The molecule has 142 valence electrons.